The molecule has 0 saturated carbocycles. The predicted molar refractivity (Wildman–Crippen MR) is 103 cm³/mol. The number of hydrogen-bond donors (Lipinski definition) is 0. The van der Waals surface area contributed by atoms with Crippen molar-refractivity contribution in [2.24, 2.45) is 0 Å². The first-order chi connectivity index (χ1) is 12.0. The standard InChI is InChI=1S/C21H20ClFN2/c1-14(15-4-3-5-17(23)10-15)12-25-20-7-6-16(22)11-18(20)19-13-24(2)9-8-21(19)25/h3-7,10-12H,8-9,13H2,1-2H3/b14-12+. The summed E-state index contributed by atoms with van der Waals surface area (Å²) < 4.78 is 15.8. The van der Waals surface area contributed by atoms with E-state index in [0.717, 1.165) is 41.2 Å². The van der Waals surface area contributed by atoms with E-state index in [0.29, 0.717) is 0 Å². The van der Waals surface area contributed by atoms with Crippen LogP contribution in [0.5, 0.6) is 0 Å². The van der Waals surface area contributed by atoms with E-state index in [9.17, 15) is 4.39 Å². The molecule has 1 aromatic heterocycles. The van der Waals surface area contributed by atoms with E-state index in [2.05, 4.69) is 34.8 Å². The maximum absolute atomic E-state index is 13.6. The van der Waals surface area contributed by atoms with E-state index in [1.54, 1.807) is 12.1 Å². The number of halogens is 2. The van der Waals surface area contributed by atoms with Gasteiger partial charge in [-0.3, -0.25) is 0 Å². The fourth-order valence-corrected chi connectivity index (χ4v) is 3.82. The molecule has 0 radical (unpaired) electrons. The third-order valence-corrected chi connectivity index (χ3v) is 5.18. The van der Waals surface area contributed by atoms with Crippen LogP contribution >= 0.6 is 11.6 Å². The van der Waals surface area contributed by atoms with Gasteiger partial charge in [0.2, 0.25) is 0 Å². The van der Waals surface area contributed by atoms with Gasteiger partial charge in [-0.05, 0) is 61.0 Å². The van der Waals surface area contributed by atoms with Gasteiger partial charge < -0.3 is 9.47 Å². The van der Waals surface area contributed by atoms with Crippen LogP contribution in [-0.2, 0) is 13.0 Å². The smallest absolute Gasteiger partial charge is 0.123 e. The molecule has 0 atom stereocenters. The van der Waals surface area contributed by atoms with Crippen molar-refractivity contribution in [2.45, 2.75) is 19.9 Å². The second-order valence-electron chi connectivity index (χ2n) is 6.77. The number of allylic oxidation sites excluding steroid dienone is 1. The maximum atomic E-state index is 13.6. The zero-order chi connectivity index (χ0) is 17.6. The van der Waals surface area contributed by atoms with Crippen molar-refractivity contribution in [3.8, 4) is 0 Å². The van der Waals surface area contributed by atoms with Gasteiger partial charge in [-0.15, -0.1) is 0 Å². The molecule has 0 fully saturated rings. The minimum atomic E-state index is -0.210. The van der Waals surface area contributed by atoms with Crippen LogP contribution in [0, 0.1) is 5.82 Å². The highest BCUT2D eigenvalue weighted by molar-refractivity contribution is 6.31. The molecule has 0 bridgehead atoms. The Bertz CT molecular complexity index is 987. The van der Waals surface area contributed by atoms with E-state index < -0.39 is 0 Å². The zero-order valence-corrected chi connectivity index (χ0v) is 15.1. The number of nitrogens with zero attached hydrogens (tertiary/aromatic N) is 2. The van der Waals surface area contributed by atoms with Crippen molar-refractivity contribution in [1.82, 2.24) is 9.47 Å². The van der Waals surface area contributed by atoms with Crippen molar-refractivity contribution in [3.05, 3.63) is 70.1 Å². The Hall–Kier alpha value is -2.10. The van der Waals surface area contributed by atoms with Crippen molar-refractivity contribution in [2.75, 3.05) is 13.6 Å². The van der Waals surface area contributed by atoms with Crippen molar-refractivity contribution in [3.63, 3.8) is 0 Å². The summed E-state index contributed by atoms with van der Waals surface area (Å²) >= 11 is 6.25. The van der Waals surface area contributed by atoms with Crippen LogP contribution in [0.15, 0.2) is 42.5 Å². The minimum absolute atomic E-state index is 0.210. The Labute approximate surface area is 152 Å². The largest absolute Gasteiger partial charge is 0.320 e. The van der Waals surface area contributed by atoms with Crippen LogP contribution in [0.4, 0.5) is 4.39 Å². The van der Waals surface area contributed by atoms with Crippen LogP contribution in [-0.4, -0.2) is 23.1 Å². The van der Waals surface area contributed by atoms with Gasteiger partial charge in [0.25, 0.3) is 0 Å². The molecular formula is C21H20ClFN2. The van der Waals surface area contributed by atoms with E-state index in [-0.39, 0.29) is 5.82 Å². The number of likely N-dealkylation sites (N-methyl/N-ethyl adjacent to an activating group) is 1. The molecular weight excluding hydrogens is 335 g/mol. The molecule has 0 saturated heterocycles. The molecule has 2 heterocycles. The molecule has 2 aromatic carbocycles. The number of hydrogen-bond acceptors (Lipinski definition) is 1. The first kappa shape index (κ1) is 16.4. The first-order valence-electron chi connectivity index (χ1n) is 8.47. The van der Waals surface area contributed by atoms with Crippen LogP contribution in [0.3, 0.4) is 0 Å². The molecule has 0 unspecified atom stereocenters. The minimum Gasteiger partial charge on any atom is -0.320 e. The molecule has 1 aliphatic rings. The van der Waals surface area contributed by atoms with Crippen LogP contribution in [0.2, 0.25) is 5.02 Å². The van der Waals surface area contributed by atoms with Crippen molar-refractivity contribution in [1.29, 1.82) is 0 Å². The second kappa shape index (κ2) is 6.32. The molecule has 0 spiro atoms. The summed E-state index contributed by atoms with van der Waals surface area (Å²) in [4.78, 5) is 2.33. The molecule has 128 valence electrons. The maximum Gasteiger partial charge on any atom is 0.123 e. The quantitative estimate of drug-likeness (QED) is 0.595. The monoisotopic (exact) mass is 354 g/mol. The van der Waals surface area contributed by atoms with Gasteiger partial charge >= 0.3 is 0 Å². The van der Waals surface area contributed by atoms with Gasteiger partial charge in [-0.2, -0.15) is 0 Å². The fourth-order valence-electron chi connectivity index (χ4n) is 3.65. The third-order valence-electron chi connectivity index (χ3n) is 4.94. The lowest BCUT2D eigenvalue weighted by Crippen LogP contribution is -2.26. The van der Waals surface area contributed by atoms with Gasteiger partial charge in [0.05, 0.1) is 5.52 Å². The van der Waals surface area contributed by atoms with Gasteiger partial charge in [-0.1, -0.05) is 23.7 Å². The summed E-state index contributed by atoms with van der Waals surface area (Å²) in [5.41, 5.74) is 5.76. The molecule has 3 aromatic rings. The van der Waals surface area contributed by atoms with Crippen molar-refractivity contribution >= 4 is 34.3 Å². The summed E-state index contributed by atoms with van der Waals surface area (Å²) in [6.45, 7) is 3.98. The topological polar surface area (TPSA) is 8.17 Å². The summed E-state index contributed by atoms with van der Waals surface area (Å²) in [6, 6.07) is 12.8. The highest BCUT2D eigenvalue weighted by atomic mass is 35.5. The van der Waals surface area contributed by atoms with E-state index in [4.69, 9.17) is 11.6 Å². The second-order valence-corrected chi connectivity index (χ2v) is 7.20. The average Bonchev–Trinajstić information content (AvgIpc) is 2.87. The Kier molecular flexibility index (Phi) is 4.14. The van der Waals surface area contributed by atoms with E-state index >= 15 is 0 Å². The van der Waals surface area contributed by atoms with Crippen LogP contribution in [0.25, 0.3) is 22.7 Å². The van der Waals surface area contributed by atoms with Gasteiger partial charge in [-0.25, -0.2) is 4.39 Å². The highest BCUT2D eigenvalue weighted by Crippen LogP contribution is 2.33. The molecule has 0 N–H and O–H groups in total. The van der Waals surface area contributed by atoms with Crippen molar-refractivity contribution < 1.29 is 4.39 Å². The lowest BCUT2D eigenvalue weighted by molar-refractivity contribution is 0.312. The molecule has 4 rings (SSSR count). The lowest BCUT2D eigenvalue weighted by atomic mass is 10.1. The average molecular weight is 355 g/mol. The SMILES string of the molecule is C/C(=C\n1c2c(c3cc(Cl)ccc31)CN(C)CC2)c1cccc(F)c1. The Morgan fingerprint density at radius 3 is 2.84 bits per heavy atom. The van der Waals surface area contributed by atoms with Gasteiger partial charge in [0, 0.05) is 41.8 Å². The fraction of sp³-hybridized carbons (Fsp3) is 0.238. The molecule has 25 heavy (non-hydrogen) atoms. The lowest BCUT2D eigenvalue weighted by Gasteiger charge is -2.23. The Morgan fingerprint density at radius 2 is 2.04 bits per heavy atom. The van der Waals surface area contributed by atoms with Gasteiger partial charge in [0.15, 0.2) is 0 Å². The number of aromatic nitrogens is 1. The molecule has 4 heteroatoms. The predicted octanol–water partition coefficient (Wildman–Crippen LogP) is 5.44. The summed E-state index contributed by atoms with van der Waals surface area (Å²) in [6.07, 6.45) is 3.11. The summed E-state index contributed by atoms with van der Waals surface area (Å²) in [5.74, 6) is -0.210. The summed E-state index contributed by atoms with van der Waals surface area (Å²) in [5, 5.41) is 1.96. The molecule has 0 aliphatic carbocycles. The number of fused-ring (bicyclic) bond motifs is 3. The summed E-state index contributed by atoms with van der Waals surface area (Å²) in [7, 11) is 2.14. The highest BCUT2D eigenvalue weighted by Gasteiger charge is 2.22. The Balaban J connectivity index is 1.91. The Morgan fingerprint density at radius 1 is 1.20 bits per heavy atom. The van der Waals surface area contributed by atoms with Crippen LogP contribution < -0.4 is 0 Å². The molecule has 0 amide bonds. The number of benzene rings is 2. The van der Waals surface area contributed by atoms with Gasteiger partial charge in [0.1, 0.15) is 5.82 Å². The number of rotatable bonds is 2. The normalized spacial score (nSPS) is 15.6. The van der Waals surface area contributed by atoms with E-state index in [1.807, 2.05) is 19.1 Å². The van der Waals surface area contributed by atoms with E-state index in [1.165, 1.54) is 22.7 Å². The molecule has 2 nitrogen and oxygen atoms in total. The third kappa shape index (κ3) is 2.99. The zero-order valence-electron chi connectivity index (χ0n) is 14.4. The van der Waals surface area contributed by atoms with Crippen LogP contribution in [0.1, 0.15) is 23.7 Å². The first-order valence-corrected chi connectivity index (χ1v) is 8.85. The molecule has 1 aliphatic heterocycles.